The Balaban J connectivity index is 1.57. The van der Waals surface area contributed by atoms with E-state index in [1.54, 1.807) is 36.4 Å². The lowest BCUT2D eigenvalue weighted by Crippen LogP contribution is -2.20. The maximum absolute atomic E-state index is 13.3. The number of hydrogen-bond acceptors (Lipinski definition) is 5. The Morgan fingerprint density at radius 2 is 1.59 bits per heavy atom. The molecule has 1 atom stereocenters. The van der Waals surface area contributed by atoms with E-state index in [4.69, 9.17) is 5.14 Å². The number of rotatable bonds is 7. The van der Waals surface area contributed by atoms with Crippen LogP contribution in [0.2, 0.25) is 0 Å². The predicted octanol–water partition coefficient (Wildman–Crippen LogP) is 4.37. The molecule has 0 saturated heterocycles. The second kappa shape index (κ2) is 10.5. The van der Waals surface area contributed by atoms with Crippen molar-refractivity contribution in [1.29, 1.82) is 0 Å². The van der Waals surface area contributed by atoms with Gasteiger partial charge in [0.15, 0.2) is 0 Å². The number of nitrogens with two attached hydrogens (primary N) is 1. The molecule has 0 aromatic heterocycles. The lowest BCUT2D eigenvalue weighted by molar-refractivity contribution is 0.102. The molecule has 12 heteroatoms. The minimum absolute atomic E-state index is 0.0338. The number of anilines is 3. The summed E-state index contributed by atoms with van der Waals surface area (Å²) in [6.45, 7) is 0. The van der Waals surface area contributed by atoms with Gasteiger partial charge in [0.1, 0.15) is 17.3 Å². The Hall–Kier alpha value is -4.10. The van der Waals surface area contributed by atoms with Crippen molar-refractivity contribution in [3.05, 3.63) is 102 Å². The number of hydrogen-bond donors (Lipinski definition) is 4. The van der Waals surface area contributed by atoms with Crippen LogP contribution in [0.3, 0.4) is 0 Å². The van der Waals surface area contributed by atoms with Gasteiger partial charge in [-0.15, -0.1) is 0 Å². The van der Waals surface area contributed by atoms with Crippen LogP contribution in [0.25, 0.3) is 11.1 Å². The first-order valence-corrected chi connectivity index (χ1v) is 13.2. The molecule has 5 N–H and O–H groups in total. The lowest BCUT2D eigenvalue weighted by Gasteiger charge is -2.21. The van der Waals surface area contributed by atoms with E-state index >= 15 is 0 Å². The summed E-state index contributed by atoms with van der Waals surface area (Å²) in [7, 11) is -3.86. The molecule has 0 aliphatic heterocycles. The Morgan fingerprint density at radius 1 is 0.919 bits per heavy atom. The van der Waals surface area contributed by atoms with E-state index in [2.05, 4.69) is 5.32 Å². The third-order valence-electron chi connectivity index (χ3n) is 5.31. The van der Waals surface area contributed by atoms with Crippen molar-refractivity contribution < 1.29 is 31.5 Å². The molecule has 1 unspecified atom stereocenters. The Morgan fingerprint density at radius 3 is 2.22 bits per heavy atom. The van der Waals surface area contributed by atoms with Crippen molar-refractivity contribution in [2.75, 3.05) is 9.62 Å². The number of phenolic OH excluding ortho intramolecular Hbond substituents is 1. The number of amides is 1. The molecule has 0 spiro atoms. The molecule has 4 rings (SSSR count). The molecule has 37 heavy (non-hydrogen) atoms. The first kappa shape index (κ1) is 26.0. The van der Waals surface area contributed by atoms with Crippen molar-refractivity contribution >= 4 is 44.3 Å². The van der Waals surface area contributed by atoms with Gasteiger partial charge < -0.3 is 10.4 Å². The fraction of sp³-hybridized carbons (Fsp3) is 0. The van der Waals surface area contributed by atoms with Gasteiger partial charge >= 0.3 is 0 Å². The molecule has 0 aliphatic carbocycles. The number of carbonyl (C=O) groups is 1. The van der Waals surface area contributed by atoms with Crippen LogP contribution in [0, 0.1) is 5.82 Å². The van der Waals surface area contributed by atoms with Crippen molar-refractivity contribution in [3.63, 3.8) is 0 Å². The molecule has 4 aromatic carbocycles. The van der Waals surface area contributed by atoms with E-state index in [-0.39, 0.29) is 33.3 Å². The van der Waals surface area contributed by atoms with E-state index < -0.39 is 33.0 Å². The van der Waals surface area contributed by atoms with Crippen LogP contribution in [-0.4, -0.2) is 28.2 Å². The van der Waals surface area contributed by atoms with Crippen LogP contribution < -0.4 is 14.8 Å². The number of nitrogens with zero attached hydrogens (tertiary/aromatic N) is 1. The molecule has 0 radical (unpaired) electrons. The number of sulfonamides is 1. The van der Waals surface area contributed by atoms with Gasteiger partial charge in [-0.2, -0.15) is 0 Å². The first-order valence-electron chi connectivity index (χ1n) is 10.6. The largest absolute Gasteiger partial charge is 0.506 e. The maximum atomic E-state index is 13.3. The summed E-state index contributed by atoms with van der Waals surface area (Å²) in [6, 6.07) is 21.2. The number of carbonyl (C=O) groups excluding carboxylic acids is 1. The number of phenols is 1. The number of primary sulfonamides is 1. The van der Waals surface area contributed by atoms with E-state index in [1.807, 2.05) is 0 Å². The van der Waals surface area contributed by atoms with Gasteiger partial charge in [-0.1, -0.05) is 24.3 Å². The summed E-state index contributed by atoms with van der Waals surface area (Å²) >= 11 is -2.61. The average Bonchev–Trinajstić information content (AvgIpc) is 2.86. The van der Waals surface area contributed by atoms with Gasteiger partial charge in [-0.3, -0.25) is 9.35 Å². The monoisotopic (exact) mass is 541 g/mol. The van der Waals surface area contributed by atoms with E-state index in [1.165, 1.54) is 42.5 Å². The highest BCUT2D eigenvalue weighted by atomic mass is 32.2. The molecular formula is C25H20FN3O6S2. The van der Waals surface area contributed by atoms with Crippen molar-refractivity contribution in [2.24, 2.45) is 5.14 Å². The summed E-state index contributed by atoms with van der Waals surface area (Å²) in [5.41, 5.74) is 1.81. The molecule has 1 amide bonds. The fourth-order valence-electron chi connectivity index (χ4n) is 3.52. The lowest BCUT2D eigenvalue weighted by atomic mass is 10.0. The summed E-state index contributed by atoms with van der Waals surface area (Å²) in [5, 5.41) is 18.2. The van der Waals surface area contributed by atoms with Crippen molar-refractivity contribution in [2.45, 2.75) is 4.90 Å². The molecule has 190 valence electrons. The van der Waals surface area contributed by atoms with Gasteiger partial charge in [-0.25, -0.2) is 26.5 Å². The summed E-state index contributed by atoms with van der Waals surface area (Å²) < 4.78 is 59.2. The standard InChI is InChI=1S/C25H20FN3O6S2/c26-19-8-11-21(12-9-19)29(36(32)33)23-15-20(10-13-24(23)30)28-25(31)17-6-4-16(5-7-17)18-2-1-3-22(14-18)37(27,34)35/h1-15,30H,(H,28,31)(H,32,33)(H2,27,34,35). The zero-order chi connectivity index (χ0) is 26.7. The average molecular weight is 542 g/mol. The van der Waals surface area contributed by atoms with Crippen molar-refractivity contribution in [1.82, 2.24) is 0 Å². The van der Waals surface area contributed by atoms with E-state index in [0.717, 1.165) is 16.4 Å². The molecule has 9 nitrogen and oxygen atoms in total. The number of nitrogens with one attached hydrogen (secondary N) is 1. The van der Waals surface area contributed by atoms with Crippen LogP contribution in [-0.2, 0) is 21.3 Å². The minimum Gasteiger partial charge on any atom is -0.506 e. The smallest absolute Gasteiger partial charge is 0.266 e. The minimum atomic E-state index is -3.86. The summed E-state index contributed by atoms with van der Waals surface area (Å²) in [4.78, 5) is 12.8. The Kier molecular flexibility index (Phi) is 7.36. The van der Waals surface area contributed by atoms with Gasteiger partial charge in [-0.05, 0) is 77.9 Å². The molecule has 0 bridgehead atoms. The molecule has 0 aliphatic rings. The highest BCUT2D eigenvalue weighted by molar-refractivity contribution is 7.89. The third kappa shape index (κ3) is 6.01. The molecule has 0 saturated carbocycles. The SMILES string of the molecule is NS(=O)(=O)c1cccc(-c2ccc(C(=O)Nc3ccc(O)c(N(c4ccc(F)cc4)S(=O)O)c3)cc2)c1. The summed E-state index contributed by atoms with van der Waals surface area (Å²) in [6.07, 6.45) is 0. The van der Waals surface area contributed by atoms with Gasteiger partial charge in [0.05, 0.1) is 10.6 Å². The Bertz CT molecular complexity index is 1590. The first-order chi connectivity index (χ1) is 17.5. The van der Waals surface area contributed by atoms with Crippen LogP contribution in [0.5, 0.6) is 5.75 Å². The zero-order valence-electron chi connectivity index (χ0n) is 18.9. The van der Waals surface area contributed by atoms with Gasteiger partial charge in [0.25, 0.3) is 17.2 Å². The molecular weight excluding hydrogens is 521 g/mol. The van der Waals surface area contributed by atoms with Crippen LogP contribution in [0.1, 0.15) is 10.4 Å². The maximum Gasteiger partial charge on any atom is 0.266 e. The predicted molar refractivity (Wildman–Crippen MR) is 139 cm³/mol. The van der Waals surface area contributed by atoms with E-state index in [0.29, 0.717) is 11.1 Å². The number of aromatic hydroxyl groups is 1. The van der Waals surface area contributed by atoms with Crippen LogP contribution >= 0.6 is 0 Å². The molecule has 0 heterocycles. The Labute approximate surface area is 214 Å². The van der Waals surface area contributed by atoms with Crippen molar-refractivity contribution in [3.8, 4) is 16.9 Å². The van der Waals surface area contributed by atoms with Crippen LogP contribution in [0.4, 0.5) is 21.5 Å². The number of benzene rings is 4. The van der Waals surface area contributed by atoms with Gasteiger partial charge in [0, 0.05) is 11.3 Å². The highest BCUT2D eigenvalue weighted by Gasteiger charge is 2.20. The molecule has 0 fully saturated rings. The fourth-order valence-corrected chi connectivity index (χ4v) is 4.70. The summed E-state index contributed by atoms with van der Waals surface area (Å²) in [5.74, 6) is -1.38. The highest BCUT2D eigenvalue weighted by Crippen LogP contribution is 2.36. The normalized spacial score (nSPS) is 12.1. The third-order valence-corrected chi connectivity index (χ3v) is 6.94. The molecule has 4 aromatic rings. The second-order valence-electron chi connectivity index (χ2n) is 7.81. The van der Waals surface area contributed by atoms with Crippen LogP contribution in [0.15, 0.2) is 95.9 Å². The van der Waals surface area contributed by atoms with Gasteiger partial charge in [0.2, 0.25) is 10.0 Å². The zero-order valence-corrected chi connectivity index (χ0v) is 20.5. The second-order valence-corrected chi connectivity index (χ2v) is 10.2. The quantitative estimate of drug-likeness (QED) is 0.202. The topological polar surface area (TPSA) is 150 Å². The number of halogens is 1. The van der Waals surface area contributed by atoms with E-state index in [9.17, 15) is 31.5 Å².